The molecule has 0 aliphatic heterocycles. The summed E-state index contributed by atoms with van der Waals surface area (Å²) in [5.41, 5.74) is 4.36. The van der Waals surface area contributed by atoms with Crippen molar-refractivity contribution < 1.29 is 4.74 Å². The molecule has 6 heteroatoms. The zero-order valence-corrected chi connectivity index (χ0v) is 16.5. The molecule has 0 atom stereocenters. The number of benzene rings is 1. The first-order valence-electron chi connectivity index (χ1n) is 9.14. The molecule has 1 N–H and O–H groups in total. The van der Waals surface area contributed by atoms with Gasteiger partial charge in [0.25, 0.3) is 0 Å². The van der Waals surface area contributed by atoms with Gasteiger partial charge in [-0.3, -0.25) is 9.67 Å². The SMILES string of the molecule is Cc1cc(C)n(CCCNCc2cc(Cl)ccc2OCc2cccnc2)n1. The molecule has 0 aliphatic rings. The Morgan fingerprint density at radius 3 is 2.81 bits per heavy atom. The van der Waals surface area contributed by atoms with Crippen LogP contribution in [0.5, 0.6) is 5.75 Å². The maximum absolute atomic E-state index is 6.17. The second-order valence-corrected chi connectivity index (χ2v) is 7.02. The molecule has 142 valence electrons. The fraction of sp³-hybridized carbons (Fsp3) is 0.333. The smallest absolute Gasteiger partial charge is 0.124 e. The van der Waals surface area contributed by atoms with Crippen LogP contribution in [0.4, 0.5) is 0 Å². The standard InChI is InChI=1S/C21H25ClN4O/c1-16-11-17(2)26(25-16)10-4-9-24-14-19-12-20(22)6-7-21(19)27-15-18-5-3-8-23-13-18/h3,5-8,11-13,24H,4,9-10,14-15H2,1-2H3. The van der Waals surface area contributed by atoms with Gasteiger partial charge in [0, 0.05) is 47.3 Å². The van der Waals surface area contributed by atoms with Crippen LogP contribution in [0, 0.1) is 13.8 Å². The van der Waals surface area contributed by atoms with Crippen molar-refractivity contribution >= 4 is 11.6 Å². The third-order valence-electron chi connectivity index (χ3n) is 4.28. The third-order valence-corrected chi connectivity index (χ3v) is 4.52. The van der Waals surface area contributed by atoms with Gasteiger partial charge >= 0.3 is 0 Å². The van der Waals surface area contributed by atoms with E-state index in [2.05, 4.69) is 33.1 Å². The molecule has 0 fully saturated rings. The van der Waals surface area contributed by atoms with E-state index in [1.165, 1.54) is 5.69 Å². The van der Waals surface area contributed by atoms with E-state index in [0.717, 1.165) is 42.1 Å². The number of hydrogen-bond acceptors (Lipinski definition) is 4. The third kappa shape index (κ3) is 5.81. The molecular weight excluding hydrogens is 360 g/mol. The molecule has 3 rings (SSSR count). The summed E-state index contributed by atoms with van der Waals surface area (Å²) < 4.78 is 8.02. The number of rotatable bonds is 9. The Morgan fingerprint density at radius 1 is 1.19 bits per heavy atom. The Labute approximate surface area is 165 Å². The minimum absolute atomic E-state index is 0.487. The molecule has 0 saturated carbocycles. The van der Waals surface area contributed by atoms with E-state index in [-0.39, 0.29) is 0 Å². The summed E-state index contributed by atoms with van der Waals surface area (Å²) in [5, 5.41) is 8.67. The van der Waals surface area contributed by atoms with E-state index in [1.807, 2.05) is 43.5 Å². The summed E-state index contributed by atoms with van der Waals surface area (Å²) >= 11 is 6.17. The maximum atomic E-state index is 6.17. The normalized spacial score (nSPS) is 10.9. The van der Waals surface area contributed by atoms with E-state index in [0.29, 0.717) is 18.2 Å². The topological polar surface area (TPSA) is 52.0 Å². The molecule has 27 heavy (non-hydrogen) atoms. The largest absolute Gasteiger partial charge is 0.489 e. The first-order chi connectivity index (χ1) is 13.1. The van der Waals surface area contributed by atoms with Crippen LogP contribution in [0.25, 0.3) is 0 Å². The van der Waals surface area contributed by atoms with Crippen LogP contribution >= 0.6 is 11.6 Å². The quantitative estimate of drug-likeness (QED) is 0.558. The monoisotopic (exact) mass is 384 g/mol. The van der Waals surface area contributed by atoms with E-state index in [4.69, 9.17) is 16.3 Å². The lowest BCUT2D eigenvalue weighted by atomic mass is 10.2. The minimum Gasteiger partial charge on any atom is -0.489 e. The number of nitrogens with zero attached hydrogens (tertiary/aromatic N) is 3. The molecule has 5 nitrogen and oxygen atoms in total. The maximum Gasteiger partial charge on any atom is 0.124 e. The average Bonchev–Trinajstić information content (AvgIpc) is 2.99. The lowest BCUT2D eigenvalue weighted by molar-refractivity contribution is 0.301. The highest BCUT2D eigenvalue weighted by Crippen LogP contribution is 2.23. The van der Waals surface area contributed by atoms with Crippen molar-refractivity contribution in [1.82, 2.24) is 20.1 Å². The van der Waals surface area contributed by atoms with Crippen molar-refractivity contribution in [2.24, 2.45) is 0 Å². The van der Waals surface area contributed by atoms with Crippen LogP contribution in [-0.4, -0.2) is 21.3 Å². The Balaban J connectivity index is 1.50. The highest BCUT2D eigenvalue weighted by molar-refractivity contribution is 6.30. The highest BCUT2D eigenvalue weighted by Gasteiger charge is 2.06. The van der Waals surface area contributed by atoms with Crippen molar-refractivity contribution in [3.05, 3.63) is 76.3 Å². The van der Waals surface area contributed by atoms with Gasteiger partial charge in [-0.25, -0.2) is 0 Å². The summed E-state index contributed by atoms with van der Waals surface area (Å²) in [5.74, 6) is 0.842. The lowest BCUT2D eigenvalue weighted by Gasteiger charge is -2.13. The molecule has 2 heterocycles. The number of nitrogens with one attached hydrogen (secondary N) is 1. The van der Waals surface area contributed by atoms with E-state index >= 15 is 0 Å². The van der Waals surface area contributed by atoms with Gasteiger partial charge in [-0.1, -0.05) is 17.7 Å². The Morgan fingerprint density at radius 2 is 2.07 bits per heavy atom. The molecule has 0 unspecified atom stereocenters. The van der Waals surface area contributed by atoms with Gasteiger partial charge in [0.15, 0.2) is 0 Å². The first-order valence-corrected chi connectivity index (χ1v) is 9.51. The van der Waals surface area contributed by atoms with Crippen LogP contribution in [0.15, 0.2) is 48.8 Å². The molecule has 0 saturated heterocycles. The Bertz CT molecular complexity index is 864. The second kappa shape index (κ2) is 9.53. The van der Waals surface area contributed by atoms with Gasteiger partial charge in [0.2, 0.25) is 0 Å². The molecular formula is C21H25ClN4O. The van der Waals surface area contributed by atoms with Gasteiger partial charge in [-0.05, 0) is 57.1 Å². The molecule has 0 radical (unpaired) electrons. The molecule has 0 bridgehead atoms. The average molecular weight is 385 g/mol. The molecule has 1 aromatic carbocycles. The molecule has 0 aliphatic carbocycles. The molecule has 0 amide bonds. The fourth-order valence-electron chi connectivity index (χ4n) is 2.95. The van der Waals surface area contributed by atoms with Crippen molar-refractivity contribution in [3.8, 4) is 5.75 Å². The number of pyridine rings is 1. The summed E-state index contributed by atoms with van der Waals surface area (Å²) in [6.45, 7) is 7.11. The first kappa shape index (κ1) is 19.4. The Kier molecular flexibility index (Phi) is 6.85. The second-order valence-electron chi connectivity index (χ2n) is 6.58. The van der Waals surface area contributed by atoms with Crippen LogP contribution in [0.1, 0.15) is 28.9 Å². The summed E-state index contributed by atoms with van der Waals surface area (Å²) in [6, 6.07) is 11.7. The van der Waals surface area contributed by atoms with E-state index in [1.54, 1.807) is 6.20 Å². The van der Waals surface area contributed by atoms with Crippen molar-refractivity contribution in [1.29, 1.82) is 0 Å². The lowest BCUT2D eigenvalue weighted by Crippen LogP contribution is -2.17. The Hall–Kier alpha value is -2.37. The van der Waals surface area contributed by atoms with Crippen LogP contribution in [-0.2, 0) is 19.7 Å². The van der Waals surface area contributed by atoms with Crippen LogP contribution in [0.2, 0.25) is 5.02 Å². The summed E-state index contributed by atoms with van der Waals surface area (Å²) in [6.07, 6.45) is 4.58. The van der Waals surface area contributed by atoms with E-state index < -0.39 is 0 Å². The van der Waals surface area contributed by atoms with E-state index in [9.17, 15) is 0 Å². The minimum atomic E-state index is 0.487. The number of hydrogen-bond donors (Lipinski definition) is 1. The number of ether oxygens (including phenoxy) is 1. The highest BCUT2D eigenvalue weighted by atomic mass is 35.5. The number of aryl methyl sites for hydroxylation is 3. The van der Waals surface area contributed by atoms with Crippen molar-refractivity contribution in [3.63, 3.8) is 0 Å². The van der Waals surface area contributed by atoms with Gasteiger partial charge in [0.05, 0.1) is 5.69 Å². The van der Waals surface area contributed by atoms with Crippen LogP contribution in [0.3, 0.4) is 0 Å². The number of halogens is 1. The van der Waals surface area contributed by atoms with Gasteiger partial charge in [-0.2, -0.15) is 5.10 Å². The number of aromatic nitrogens is 3. The van der Waals surface area contributed by atoms with Crippen LogP contribution < -0.4 is 10.1 Å². The molecule has 2 aromatic heterocycles. The van der Waals surface area contributed by atoms with Gasteiger partial charge in [-0.15, -0.1) is 0 Å². The van der Waals surface area contributed by atoms with Gasteiger partial charge in [0.1, 0.15) is 12.4 Å². The predicted molar refractivity (Wildman–Crippen MR) is 108 cm³/mol. The fourth-order valence-corrected chi connectivity index (χ4v) is 3.14. The van der Waals surface area contributed by atoms with Gasteiger partial charge < -0.3 is 10.1 Å². The molecule has 3 aromatic rings. The summed E-state index contributed by atoms with van der Waals surface area (Å²) in [4.78, 5) is 4.12. The van der Waals surface area contributed by atoms with Crippen molar-refractivity contribution in [2.75, 3.05) is 6.54 Å². The zero-order valence-electron chi connectivity index (χ0n) is 15.8. The summed E-state index contributed by atoms with van der Waals surface area (Å²) in [7, 11) is 0. The van der Waals surface area contributed by atoms with Crippen molar-refractivity contribution in [2.45, 2.75) is 40.0 Å². The predicted octanol–water partition coefficient (Wildman–Crippen LogP) is 4.31. The molecule has 0 spiro atoms. The zero-order chi connectivity index (χ0) is 19.1.